The third-order valence-corrected chi connectivity index (χ3v) is 8.14. The second-order valence-corrected chi connectivity index (χ2v) is 10.6. The molecule has 1 fully saturated rings. The molecule has 1 N–H and O–H groups in total. The summed E-state index contributed by atoms with van der Waals surface area (Å²) in [6, 6.07) is 0. The molecule has 106 valence electrons. The Labute approximate surface area is 121 Å². The van der Waals surface area contributed by atoms with E-state index in [9.17, 15) is 4.79 Å². The van der Waals surface area contributed by atoms with Gasteiger partial charge in [-0.25, -0.2) is 4.98 Å². The Kier molecular flexibility index (Phi) is 4.32. The highest BCUT2D eigenvalue weighted by Gasteiger charge is 2.33. The number of hydrogen-bond donors (Lipinski definition) is 1. The van der Waals surface area contributed by atoms with Crippen LogP contribution in [0.4, 0.5) is 5.82 Å². The summed E-state index contributed by atoms with van der Waals surface area (Å²) in [5, 5.41) is 4.91. The lowest BCUT2D eigenvalue weighted by Crippen LogP contribution is -2.28. The van der Waals surface area contributed by atoms with E-state index in [2.05, 4.69) is 24.1 Å². The zero-order valence-corrected chi connectivity index (χ0v) is 14.1. The summed E-state index contributed by atoms with van der Waals surface area (Å²) >= 11 is 1.71. The number of carbonyl (C=O) groups is 1. The Balaban J connectivity index is 2.09. The summed E-state index contributed by atoms with van der Waals surface area (Å²) in [4.78, 5) is 16.6. The zero-order chi connectivity index (χ0) is 14.2. The Hall–Kier alpha value is -0.470. The number of rotatable bonds is 2. The van der Waals surface area contributed by atoms with E-state index < -0.39 is 0 Å². The molecule has 0 aliphatic carbocycles. The predicted octanol–water partition coefficient (Wildman–Crippen LogP) is 3.81. The third-order valence-electron chi connectivity index (χ3n) is 3.59. The number of nitrogens with zero attached hydrogens (tertiary/aromatic N) is 1. The van der Waals surface area contributed by atoms with Gasteiger partial charge in [0.2, 0.25) is 5.91 Å². The molecule has 0 bridgehead atoms. The second kappa shape index (κ2) is 5.49. The molecule has 0 radical (unpaired) electrons. The molecule has 1 saturated heterocycles. The largest absolute Gasteiger partial charge is 0.310 e. The monoisotopic (exact) mass is 298 g/mol. The van der Waals surface area contributed by atoms with Gasteiger partial charge in [0.15, 0.2) is 0 Å². The van der Waals surface area contributed by atoms with Crippen LogP contribution in [0.15, 0.2) is 5.38 Å². The molecular formula is C14H23N2OPS. The number of thiazole rings is 1. The lowest BCUT2D eigenvalue weighted by Gasteiger charge is -2.18. The van der Waals surface area contributed by atoms with Crippen molar-refractivity contribution in [2.24, 2.45) is 5.41 Å². The number of carbonyl (C=O) groups excluding carboxylic acids is 1. The summed E-state index contributed by atoms with van der Waals surface area (Å²) in [7, 11) is -0.139. The molecule has 2 atom stereocenters. The highest BCUT2D eigenvalue weighted by Crippen LogP contribution is 2.54. The van der Waals surface area contributed by atoms with Crippen LogP contribution in [0.1, 0.15) is 47.5 Å². The van der Waals surface area contributed by atoms with Gasteiger partial charge >= 0.3 is 0 Å². The molecule has 1 aliphatic rings. The number of aromatic nitrogens is 1. The fraction of sp³-hybridized carbons (Fsp3) is 0.714. The first-order valence-electron chi connectivity index (χ1n) is 6.84. The maximum Gasteiger partial charge on any atom is 0.230 e. The molecule has 1 aromatic rings. The van der Waals surface area contributed by atoms with Crippen LogP contribution in [0.25, 0.3) is 0 Å². The number of anilines is 1. The first kappa shape index (κ1) is 14.9. The number of hydrogen-bond acceptors (Lipinski definition) is 3. The van der Waals surface area contributed by atoms with Gasteiger partial charge in [-0.2, -0.15) is 0 Å². The molecule has 1 aliphatic heterocycles. The highest BCUT2D eigenvalue weighted by molar-refractivity contribution is 7.72. The number of nitrogens with one attached hydrogen (secondary N) is 1. The van der Waals surface area contributed by atoms with Crippen molar-refractivity contribution in [2.75, 3.05) is 5.32 Å². The fourth-order valence-electron chi connectivity index (χ4n) is 2.32. The van der Waals surface area contributed by atoms with Gasteiger partial charge < -0.3 is 5.32 Å². The van der Waals surface area contributed by atoms with E-state index >= 15 is 0 Å². The second-order valence-electron chi connectivity index (χ2n) is 6.40. The Morgan fingerprint density at radius 2 is 1.95 bits per heavy atom. The molecule has 2 heterocycles. The van der Waals surface area contributed by atoms with E-state index in [1.165, 1.54) is 17.6 Å². The molecule has 1 amide bonds. The van der Waals surface area contributed by atoms with Gasteiger partial charge in [-0.15, -0.1) is 11.3 Å². The fourth-order valence-corrected chi connectivity index (χ4v) is 7.22. The van der Waals surface area contributed by atoms with Crippen LogP contribution in [0, 0.1) is 5.41 Å². The molecule has 0 aromatic carbocycles. The third kappa shape index (κ3) is 3.35. The Morgan fingerprint density at radius 1 is 1.37 bits per heavy atom. The van der Waals surface area contributed by atoms with Crippen LogP contribution >= 0.6 is 19.3 Å². The van der Waals surface area contributed by atoms with Crippen LogP contribution in [0.2, 0.25) is 0 Å². The van der Waals surface area contributed by atoms with E-state index in [1.54, 1.807) is 11.3 Å². The molecule has 19 heavy (non-hydrogen) atoms. The van der Waals surface area contributed by atoms with Crippen molar-refractivity contribution in [3.8, 4) is 0 Å². The first-order chi connectivity index (χ1) is 8.79. The maximum atomic E-state index is 12.0. The molecular weight excluding hydrogens is 275 g/mol. The summed E-state index contributed by atoms with van der Waals surface area (Å²) in [6.07, 6.45) is 2.63. The molecule has 5 heteroatoms. The van der Waals surface area contributed by atoms with E-state index in [0.29, 0.717) is 0 Å². The molecule has 3 nitrogen and oxygen atoms in total. The summed E-state index contributed by atoms with van der Waals surface area (Å²) in [5.41, 5.74) is 1.16. The smallest absolute Gasteiger partial charge is 0.230 e. The minimum Gasteiger partial charge on any atom is -0.310 e. The summed E-state index contributed by atoms with van der Waals surface area (Å²) in [6.45, 7) is 10.4. The van der Waals surface area contributed by atoms with Crippen LogP contribution < -0.4 is 10.1 Å². The standard InChI is InChI=1S/C14H23N2OPS/c1-9-6-7-10(2)18(9)13-16-11(8-19-13)15-12(17)14(3,4)5/h8-10H,6-7H2,1-5H3,(H,15,17)/t9-,10-/m1/s1. The molecule has 1 aromatic heterocycles. The van der Waals surface area contributed by atoms with E-state index in [4.69, 9.17) is 0 Å². The van der Waals surface area contributed by atoms with Crippen LogP contribution in [0.3, 0.4) is 0 Å². The van der Waals surface area contributed by atoms with Crippen molar-refractivity contribution in [3.63, 3.8) is 0 Å². The van der Waals surface area contributed by atoms with Gasteiger partial charge in [0.1, 0.15) is 10.6 Å². The van der Waals surface area contributed by atoms with Crippen LogP contribution in [-0.4, -0.2) is 22.2 Å². The summed E-state index contributed by atoms with van der Waals surface area (Å²) < 4.78 is 1.25. The van der Waals surface area contributed by atoms with Gasteiger partial charge in [0, 0.05) is 10.8 Å². The van der Waals surface area contributed by atoms with Gasteiger partial charge in [-0.3, -0.25) is 4.79 Å². The number of amides is 1. The lowest BCUT2D eigenvalue weighted by atomic mass is 9.96. The normalized spacial score (nSPS) is 24.7. The van der Waals surface area contributed by atoms with Crippen LogP contribution in [0.5, 0.6) is 0 Å². The van der Waals surface area contributed by atoms with Crippen LogP contribution in [-0.2, 0) is 4.79 Å². The van der Waals surface area contributed by atoms with Crippen molar-refractivity contribution in [1.82, 2.24) is 4.98 Å². The van der Waals surface area contributed by atoms with Gasteiger partial charge in [-0.1, -0.05) is 34.6 Å². The van der Waals surface area contributed by atoms with Crippen molar-refractivity contribution >= 4 is 35.7 Å². The molecule has 0 saturated carbocycles. The maximum absolute atomic E-state index is 12.0. The predicted molar refractivity (Wildman–Crippen MR) is 84.9 cm³/mol. The van der Waals surface area contributed by atoms with Gasteiger partial charge in [0.25, 0.3) is 0 Å². The lowest BCUT2D eigenvalue weighted by molar-refractivity contribution is -0.123. The molecule has 0 unspecified atom stereocenters. The minimum atomic E-state index is -0.372. The quantitative estimate of drug-likeness (QED) is 0.844. The van der Waals surface area contributed by atoms with Gasteiger partial charge in [-0.05, 0) is 32.1 Å². The molecule has 0 spiro atoms. The average Bonchev–Trinajstić information content (AvgIpc) is 2.85. The summed E-state index contributed by atoms with van der Waals surface area (Å²) in [5.74, 6) is 0.762. The van der Waals surface area contributed by atoms with Crippen molar-refractivity contribution in [1.29, 1.82) is 0 Å². The Morgan fingerprint density at radius 3 is 2.47 bits per heavy atom. The minimum absolute atomic E-state index is 0.0321. The first-order valence-corrected chi connectivity index (χ1v) is 9.20. The van der Waals surface area contributed by atoms with Crippen molar-refractivity contribution in [2.45, 2.75) is 58.8 Å². The van der Waals surface area contributed by atoms with Gasteiger partial charge in [0.05, 0.1) is 0 Å². The average molecular weight is 298 g/mol. The van der Waals surface area contributed by atoms with E-state index in [1.807, 2.05) is 26.2 Å². The zero-order valence-electron chi connectivity index (χ0n) is 12.4. The van der Waals surface area contributed by atoms with E-state index in [0.717, 1.165) is 17.1 Å². The topological polar surface area (TPSA) is 42.0 Å². The van der Waals surface area contributed by atoms with Crippen molar-refractivity contribution in [3.05, 3.63) is 5.38 Å². The van der Waals surface area contributed by atoms with E-state index in [-0.39, 0.29) is 19.2 Å². The van der Waals surface area contributed by atoms with Crippen molar-refractivity contribution < 1.29 is 4.79 Å². The highest BCUT2D eigenvalue weighted by atomic mass is 32.1. The SMILES string of the molecule is C[C@@H]1CC[C@@H](C)P1c1nc(NC(=O)C(C)(C)C)cs1. The Bertz CT molecular complexity index is 456. The molecule has 2 rings (SSSR count).